The molecule has 4 heteroatoms. The second-order valence-electron chi connectivity index (χ2n) is 5.36. The third-order valence-corrected chi connectivity index (χ3v) is 3.29. The fraction of sp³-hybridized carbons (Fsp3) is 0.846. The van der Waals surface area contributed by atoms with E-state index in [1.807, 2.05) is 0 Å². The molecule has 1 heterocycles. The van der Waals surface area contributed by atoms with Gasteiger partial charge in [-0.05, 0) is 18.3 Å². The number of hydrogen-bond donors (Lipinski definition) is 0. The molecule has 4 nitrogen and oxygen atoms in total. The van der Waals surface area contributed by atoms with E-state index in [4.69, 9.17) is 5.26 Å². The Morgan fingerprint density at radius 2 is 2.00 bits per heavy atom. The molecule has 96 valence electrons. The van der Waals surface area contributed by atoms with Crippen molar-refractivity contribution in [3.8, 4) is 6.07 Å². The molecule has 1 aliphatic rings. The summed E-state index contributed by atoms with van der Waals surface area (Å²) in [6.45, 7) is 7.55. The Kier molecular flexibility index (Phi) is 5.43. The van der Waals surface area contributed by atoms with Crippen LogP contribution in [0.5, 0.6) is 0 Å². The first kappa shape index (κ1) is 14.0. The number of hydrogen-bond acceptors (Lipinski definition) is 3. The smallest absolute Gasteiger partial charge is 0.236 e. The van der Waals surface area contributed by atoms with Crippen LogP contribution in [0, 0.1) is 23.2 Å². The maximum absolute atomic E-state index is 11.9. The molecule has 1 saturated heterocycles. The Hall–Kier alpha value is -1.08. The Balaban J connectivity index is 2.37. The first-order valence-electron chi connectivity index (χ1n) is 6.36. The van der Waals surface area contributed by atoms with Crippen LogP contribution < -0.4 is 0 Å². The second kappa shape index (κ2) is 6.61. The third kappa shape index (κ3) is 4.74. The summed E-state index contributed by atoms with van der Waals surface area (Å²) >= 11 is 0. The molecule has 0 saturated carbocycles. The minimum atomic E-state index is 0.126. The van der Waals surface area contributed by atoms with Gasteiger partial charge in [-0.2, -0.15) is 5.26 Å². The summed E-state index contributed by atoms with van der Waals surface area (Å²) in [5.41, 5.74) is 0. The molecule has 0 N–H and O–H groups in total. The summed E-state index contributed by atoms with van der Waals surface area (Å²) in [5.74, 6) is 1.48. The number of carbonyl (C=O) groups is 1. The summed E-state index contributed by atoms with van der Waals surface area (Å²) in [5, 5.41) is 8.49. The maximum atomic E-state index is 11.9. The second-order valence-corrected chi connectivity index (χ2v) is 5.36. The number of piperidine rings is 1. The van der Waals surface area contributed by atoms with Crippen molar-refractivity contribution in [1.82, 2.24) is 9.80 Å². The molecule has 0 aliphatic carbocycles. The van der Waals surface area contributed by atoms with Crippen LogP contribution in [0.3, 0.4) is 0 Å². The van der Waals surface area contributed by atoms with Crippen LogP contribution in [-0.4, -0.2) is 48.9 Å². The van der Waals surface area contributed by atoms with Crippen LogP contribution in [0.15, 0.2) is 0 Å². The Labute approximate surface area is 104 Å². The highest BCUT2D eigenvalue weighted by Gasteiger charge is 2.24. The summed E-state index contributed by atoms with van der Waals surface area (Å²) < 4.78 is 0. The number of nitriles is 1. The number of rotatable bonds is 4. The zero-order valence-electron chi connectivity index (χ0n) is 11.1. The van der Waals surface area contributed by atoms with E-state index in [0.717, 1.165) is 13.1 Å². The molecule has 1 rings (SSSR count). The molecule has 1 aliphatic heterocycles. The molecule has 2 unspecified atom stereocenters. The predicted molar refractivity (Wildman–Crippen MR) is 67.3 cm³/mol. The van der Waals surface area contributed by atoms with Gasteiger partial charge in [0.2, 0.25) is 5.91 Å². The van der Waals surface area contributed by atoms with Gasteiger partial charge < -0.3 is 4.90 Å². The lowest BCUT2D eigenvalue weighted by Crippen LogP contribution is -2.45. The van der Waals surface area contributed by atoms with E-state index in [1.165, 1.54) is 6.42 Å². The minimum absolute atomic E-state index is 0.126. The van der Waals surface area contributed by atoms with Gasteiger partial charge in [0.15, 0.2) is 0 Å². The Morgan fingerprint density at radius 1 is 1.41 bits per heavy atom. The van der Waals surface area contributed by atoms with Gasteiger partial charge in [0.05, 0.1) is 19.0 Å². The number of likely N-dealkylation sites (tertiary alicyclic amines) is 1. The van der Waals surface area contributed by atoms with Gasteiger partial charge in [0, 0.05) is 26.7 Å². The number of nitrogens with zero attached hydrogens (tertiary/aromatic N) is 3. The van der Waals surface area contributed by atoms with Gasteiger partial charge in [0.1, 0.15) is 0 Å². The van der Waals surface area contributed by atoms with E-state index in [9.17, 15) is 4.79 Å². The van der Waals surface area contributed by atoms with Gasteiger partial charge in [-0.25, -0.2) is 0 Å². The van der Waals surface area contributed by atoms with E-state index < -0.39 is 0 Å². The monoisotopic (exact) mass is 237 g/mol. The van der Waals surface area contributed by atoms with Gasteiger partial charge in [0.25, 0.3) is 0 Å². The Morgan fingerprint density at radius 3 is 2.53 bits per heavy atom. The fourth-order valence-corrected chi connectivity index (χ4v) is 2.58. The maximum Gasteiger partial charge on any atom is 0.236 e. The van der Waals surface area contributed by atoms with Crippen molar-refractivity contribution in [1.29, 1.82) is 5.26 Å². The molecule has 0 aromatic carbocycles. The average molecular weight is 237 g/mol. The molecule has 0 radical (unpaired) electrons. The van der Waals surface area contributed by atoms with Crippen LogP contribution >= 0.6 is 0 Å². The van der Waals surface area contributed by atoms with Crippen molar-refractivity contribution in [3.05, 3.63) is 0 Å². The van der Waals surface area contributed by atoms with Gasteiger partial charge in [-0.1, -0.05) is 13.8 Å². The fourth-order valence-electron chi connectivity index (χ4n) is 2.58. The quantitative estimate of drug-likeness (QED) is 0.741. The molecular formula is C13H23N3O. The van der Waals surface area contributed by atoms with Crippen LogP contribution in [-0.2, 0) is 4.79 Å². The SMILES string of the molecule is CC1CC(C)CN(CC(=O)N(C)CCC#N)C1. The van der Waals surface area contributed by atoms with Crippen LogP contribution in [0.25, 0.3) is 0 Å². The number of carbonyl (C=O) groups excluding carboxylic acids is 1. The summed E-state index contributed by atoms with van der Waals surface area (Å²) in [4.78, 5) is 15.8. The standard InChI is InChI=1S/C13H23N3O/c1-11-7-12(2)9-16(8-11)10-13(17)15(3)6-4-5-14/h11-12H,4,6-10H2,1-3H3. The van der Waals surface area contributed by atoms with Crippen molar-refractivity contribution >= 4 is 5.91 Å². The molecule has 2 atom stereocenters. The molecule has 0 aromatic rings. The Bertz CT molecular complexity index is 288. The van der Waals surface area contributed by atoms with Crippen LogP contribution in [0.1, 0.15) is 26.7 Å². The molecule has 0 aromatic heterocycles. The van der Waals surface area contributed by atoms with Crippen molar-refractivity contribution in [2.75, 3.05) is 33.2 Å². The topological polar surface area (TPSA) is 47.3 Å². The lowest BCUT2D eigenvalue weighted by atomic mass is 9.92. The van der Waals surface area contributed by atoms with Gasteiger partial charge in [-0.3, -0.25) is 9.69 Å². The molecule has 17 heavy (non-hydrogen) atoms. The lowest BCUT2D eigenvalue weighted by molar-refractivity contribution is -0.131. The largest absolute Gasteiger partial charge is 0.344 e. The van der Waals surface area contributed by atoms with Crippen molar-refractivity contribution in [2.24, 2.45) is 11.8 Å². The van der Waals surface area contributed by atoms with E-state index in [2.05, 4.69) is 24.8 Å². The van der Waals surface area contributed by atoms with E-state index in [1.54, 1.807) is 11.9 Å². The van der Waals surface area contributed by atoms with Crippen LogP contribution in [0.2, 0.25) is 0 Å². The number of likely N-dealkylation sites (N-methyl/N-ethyl adjacent to an activating group) is 1. The summed E-state index contributed by atoms with van der Waals surface area (Å²) in [6.07, 6.45) is 1.67. The minimum Gasteiger partial charge on any atom is -0.344 e. The van der Waals surface area contributed by atoms with Crippen molar-refractivity contribution in [3.63, 3.8) is 0 Å². The number of amides is 1. The highest BCUT2D eigenvalue weighted by Crippen LogP contribution is 2.20. The van der Waals surface area contributed by atoms with E-state index in [-0.39, 0.29) is 5.91 Å². The summed E-state index contributed by atoms with van der Waals surface area (Å²) in [7, 11) is 1.77. The molecule has 0 bridgehead atoms. The van der Waals surface area contributed by atoms with Crippen LogP contribution in [0.4, 0.5) is 0 Å². The lowest BCUT2D eigenvalue weighted by Gasteiger charge is -2.35. The van der Waals surface area contributed by atoms with Crippen molar-refractivity contribution in [2.45, 2.75) is 26.7 Å². The molecule has 1 fully saturated rings. The zero-order chi connectivity index (χ0) is 12.8. The highest BCUT2D eigenvalue weighted by atomic mass is 16.2. The first-order chi connectivity index (χ1) is 8.02. The third-order valence-electron chi connectivity index (χ3n) is 3.29. The average Bonchev–Trinajstić information content (AvgIpc) is 2.24. The molecular weight excluding hydrogens is 214 g/mol. The highest BCUT2D eigenvalue weighted by molar-refractivity contribution is 5.78. The van der Waals surface area contributed by atoms with Crippen molar-refractivity contribution < 1.29 is 4.79 Å². The predicted octanol–water partition coefficient (Wildman–Crippen LogP) is 1.34. The zero-order valence-corrected chi connectivity index (χ0v) is 11.1. The van der Waals surface area contributed by atoms with E-state index >= 15 is 0 Å². The normalized spacial score (nSPS) is 25.3. The van der Waals surface area contributed by atoms with Gasteiger partial charge >= 0.3 is 0 Å². The van der Waals surface area contributed by atoms with E-state index in [0.29, 0.717) is 31.3 Å². The van der Waals surface area contributed by atoms with Gasteiger partial charge in [-0.15, -0.1) is 0 Å². The first-order valence-corrected chi connectivity index (χ1v) is 6.36. The molecule has 1 amide bonds. The molecule has 0 spiro atoms. The summed E-state index contributed by atoms with van der Waals surface area (Å²) in [6, 6.07) is 2.06.